The van der Waals surface area contributed by atoms with E-state index in [0.717, 1.165) is 0 Å². The first kappa shape index (κ1) is 13.5. The number of carbonyl (C=O) groups excluding carboxylic acids is 1. The van der Waals surface area contributed by atoms with Crippen molar-refractivity contribution < 1.29 is 13.9 Å². The van der Waals surface area contributed by atoms with Gasteiger partial charge in [0.2, 0.25) is 0 Å². The van der Waals surface area contributed by atoms with E-state index in [1.54, 1.807) is 41.4 Å². The number of para-hydroxylation sites is 1. The largest absolute Gasteiger partial charge is 0.455 e. The zero-order valence-electron chi connectivity index (χ0n) is 9.85. The van der Waals surface area contributed by atoms with Crippen LogP contribution in [-0.2, 0) is 0 Å². The first-order valence-corrected chi connectivity index (χ1v) is 6.44. The van der Waals surface area contributed by atoms with Gasteiger partial charge in [-0.2, -0.15) is 0 Å². The average molecular weight is 321 g/mol. The third kappa shape index (κ3) is 3.29. The van der Waals surface area contributed by atoms with Crippen LogP contribution in [0.5, 0.6) is 5.75 Å². The standard InChI is InChI=1S/C15H10BrFO2/c16-9-15(11-5-3-6-13(17)8-11)19-14-7-2-1-4-12(14)10-18/h1-10H/b15-9-. The predicted octanol–water partition coefficient (Wildman–Crippen LogP) is 4.41. The number of aldehydes is 1. The van der Waals surface area contributed by atoms with Crippen LogP contribution in [0, 0.1) is 5.82 Å². The van der Waals surface area contributed by atoms with Gasteiger partial charge in [0.25, 0.3) is 0 Å². The van der Waals surface area contributed by atoms with Crippen LogP contribution in [0.1, 0.15) is 15.9 Å². The van der Waals surface area contributed by atoms with E-state index in [4.69, 9.17) is 4.74 Å². The number of ether oxygens (including phenoxy) is 1. The number of rotatable bonds is 4. The molecule has 0 amide bonds. The maximum absolute atomic E-state index is 13.2. The summed E-state index contributed by atoms with van der Waals surface area (Å²) in [6.45, 7) is 0. The van der Waals surface area contributed by atoms with Crippen molar-refractivity contribution in [2.45, 2.75) is 0 Å². The van der Waals surface area contributed by atoms with Gasteiger partial charge in [-0.1, -0.05) is 40.2 Å². The van der Waals surface area contributed by atoms with Crippen molar-refractivity contribution in [3.8, 4) is 5.75 Å². The Bertz CT molecular complexity index is 623. The Morgan fingerprint density at radius 2 is 1.95 bits per heavy atom. The van der Waals surface area contributed by atoms with Crippen LogP contribution in [0.2, 0.25) is 0 Å². The summed E-state index contributed by atoms with van der Waals surface area (Å²) in [6.07, 6.45) is 0.715. The fraction of sp³-hybridized carbons (Fsp3) is 0. The van der Waals surface area contributed by atoms with Crippen LogP contribution in [-0.4, -0.2) is 6.29 Å². The van der Waals surface area contributed by atoms with Crippen molar-refractivity contribution in [3.05, 3.63) is 70.5 Å². The van der Waals surface area contributed by atoms with Gasteiger partial charge in [0.1, 0.15) is 17.3 Å². The van der Waals surface area contributed by atoms with Crippen LogP contribution >= 0.6 is 15.9 Å². The normalized spacial score (nSPS) is 11.2. The molecule has 2 nitrogen and oxygen atoms in total. The van der Waals surface area contributed by atoms with Gasteiger partial charge in [-0.05, 0) is 24.3 Å². The maximum Gasteiger partial charge on any atom is 0.153 e. The van der Waals surface area contributed by atoms with E-state index >= 15 is 0 Å². The first-order valence-electron chi connectivity index (χ1n) is 5.53. The second-order valence-electron chi connectivity index (χ2n) is 3.74. The van der Waals surface area contributed by atoms with Crippen molar-refractivity contribution in [2.24, 2.45) is 0 Å². The molecule has 2 aromatic rings. The van der Waals surface area contributed by atoms with Crippen LogP contribution < -0.4 is 4.74 Å². The van der Waals surface area contributed by atoms with E-state index in [1.165, 1.54) is 12.1 Å². The number of halogens is 2. The summed E-state index contributed by atoms with van der Waals surface area (Å²) in [5.74, 6) is 0.498. The average Bonchev–Trinajstić information content (AvgIpc) is 2.45. The molecular formula is C15H10BrFO2. The smallest absolute Gasteiger partial charge is 0.153 e. The van der Waals surface area contributed by atoms with E-state index in [2.05, 4.69) is 15.9 Å². The molecule has 0 atom stereocenters. The molecule has 0 aliphatic carbocycles. The Kier molecular flexibility index (Phi) is 4.47. The Labute approximate surface area is 118 Å². The number of hydrogen-bond acceptors (Lipinski definition) is 2. The molecule has 0 bridgehead atoms. The van der Waals surface area contributed by atoms with Gasteiger partial charge in [-0.3, -0.25) is 4.79 Å². The highest BCUT2D eigenvalue weighted by molar-refractivity contribution is 9.11. The molecule has 0 aliphatic rings. The van der Waals surface area contributed by atoms with Crippen molar-refractivity contribution in [1.29, 1.82) is 0 Å². The third-order valence-corrected chi connectivity index (χ3v) is 2.89. The van der Waals surface area contributed by atoms with Crippen molar-refractivity contribution >= 4 is 28.0 Å². The molecular weight excluding hydrogens is 311 g/mol. The summed E-state index contributed by atoms with van der Waals surface area (Å²) in [5.41, 5.74) is 1.02. The highest BCUT2D eigenvalue weighted by Gasteiger charge is 2.08. The molecule has 0 aromatic heterocycles. The minimum absolute atomic E-state index is 0.350. The Balaban J connectivity index is 2.32. The summed E-state index contributed by atoms with van der Waals surface area (Å²) < 4.78 is 18.8. The van der Waals surface area contributed by atoms with Crippen LogP contribution in [0.4, 0.5) is 4.39 Å². The second kappa shape index (κ2) is 6.29. The molecule has 0 saturated carbocycles. The zero-order chi connectivity index (χ0) is 13.7. The fourth-order valence-corrected chi connectivity index (χ4v) is 1.93. The SMILES string of the molecule is O=Cc1ccccc1O/C(=C\Br)c1cccc(F)c1. The van der Waals surface area contributed by atoms with E-state index < -0.39 is 0 Å². The topological polar surface area (TPSA) is 26.3 Å². The Morgan fingerprint density at radius 3 is 2.63 bits per heavy atom. The highest BCUT2D eigenvalue weighted by Crippen LogP contribution is 2.25. The molecule has 0 unspecified atom stereocenters. The lowest BCUT2D eigenvalue weighted by molar-refractivity contribution is 0.112. The van der Waals surface area contributed by atoms with Crippen LogP contribution in [0.25, 0.3) is 5.76 Å². The predicted molar refractivity (Wildman–Crippen MR) is 75.8 cm³/mol. The number of benzene rings is 2. The van der Waals surface area contributed by atoms with Crippen LogP contribution in [0.3, 0.4) is 0 Å². The maximum atomic E-state index is 13.2. The van der Waals surface area contributed by atoms with Gasteiger partial charge < -0.3 is 4.74 Å². The quantitative estimate of drug-likeness (QED) is 0.616. The first-order chi connectivity index (χ1) is 9.24. The fourth-order valence-electron chi connectivity index (χ4n) is 1.58. The Hall–Kier alpha value is -1.94. The molecule has 19 heavy (non-hydrogen) atoms. The molecule has 96 valence electrons. The molecule has 0 fully saturated rings. The lowest BCUT2D eigenvalue weighted by atomic mass is 10.2. The molecule has 4 heteroatoms. The molecule has 0 aliphatic heterocycles. The molecule has 0 saturated heterocycles. The number of carbonyl (C=O) groups is 1. The molecule has 0 N–H and O–H groups in total. The molecule has 2 aromatic carbocycles. The summed E-state index contributed by atoms with van der Waals surface area (Å²) in [4.78, 5) is 12.5. The van der Waals surface area contributed by atoms with Gasteiger partial charge >= 0.3 is 0 Å². The number of hydrogen-bond donors (Lipinski definition) is 0. The van der Waals surface area contributed by atoms with Gasteiger partial charge in [-0.25, -0.2) is 4.39 Å². The van der Waals surface area contributed by atoms with E-state index in [1.807, 2.05) is 0 Å². The van der Waals surface area contributed by atoms with Crippen molar-refractivity contribution in [3.63, 3.8) is 0 Å². The summed E-state index contributed by atoms with van der Waals surface area (Å²) in [6, 6.07) is 12.9. The lowest BCUT2D eigenvalue weighted by Gasteiger charge is -2.11. The summed E-state index contributed by atoms with van der Waals surface area (Å²) >= 11 is 3.18. The van der Waals surface area contributed by atoms with Gasteiger partial charge in [-0.15, -0.1) is 0 Å². The lowest BCUT2D eigenvalue weighted by Crippen LogP contribution is -1.97. The molecule has 0 spiro atoms. The van der Waals surface area contributed by atoms with Crippen molar-refractivity contribution in [1.82, 2.24) is 0 Å². The van der Waals surface area contributed by atoms with E-state index in [-0.39, 0.29) is 5.82 Å². The zero-order valence-corrected chi connectivity index (χ0v) is 11.4. The van der Waals surface area contributed by atoms with Gasteiger partial charge in [0.15, 0.2) is 6.29 Å². The van der Waals surface area contributed by atoms with Gasteiger partial charge in [0, 0.05) is 10.5 Å². The van der Waals surface area contributed by atoms with E-state index in [0.29, 0.717) is 28.9 Å². The minimum Gasteiger partial charge on any atom is -0.455 e. The monoisotopic (exact) mass is 320 g/mol. The minimum atomic E-state index is -0.350. The molecule has 0 radical (unpaired) electrons. The van der Waals surface area contributed by atoms with Crippen LogP contribution in [0.15, 0.2) is 53.5 Å². The van der Waals surface area contributed by atoms with Crippen molar-refractivity contribution in [2.75, 3.05) is 0 Å². The molecule has 2 rings (SSSR count). The van der Waals surface area contributed by atoms with Gasteiger partial charge in [0.05, 0.1) is 5.56 Å². The van der Waals surface area contributed by atoms with E-state index in [9.17, 15) is 9.18 Å². The summed E-state index contributed by atoms with van der Waals surface area (Å²) in [5, 5.41) is 0. The highest BCUT2D eigenvalue weighted by atomic mass is 79.9. The molecule has 0 heterocycles. The summed E-state index contributed by atoms with van der Waals surface area (Å²) in [7, 11) is 0. The Morgan fingerprint density at radius 1 is 1.16 bits per heavy atom. The second-order valence-corrected chi connectivity index (χ2v) is 4.20. The third-order valence-electron chi connectivity index (χ3n) is 2.47.